The summed E-state index contributed by atoms with van der Waals surface area (Å²) in [6, 6.07) is 2.79. The highest BCUT2D eigenvalue weighted by Gasteiger charge is 2.46. The van der Waals surface area contributed by atoms with Gasteiger partial charge in [0.2, 0.25) is 0 Å². The van der Waals surface area contributed by atoms with E-state index >= 15 is 0 Å². The molecule has 1 aliphatic heterocycles. The number of aromatic nitrogens is 2. The highest BCUT2D eigenvalue weighted by atomic mass is 15.3. The van der Waals surface area contributed by atoms with Crippen LogP contribution in [0.15, 0.2) is 12.3 Å². The lowest BCUT2D eigenvalue weighted by Gasteiger charge is -2.47. The smallest absolute Gasteiger partial charge is 0.0764 e. The molecule has 118 valence electrons. The number of nitrogens with one attached hydrogen (secondary N) is 1. The zero-order chi connectivity index (χ0) is 15.0. The number of hydrogen-bond acceptors (Lipinski definition) is 3. The van der Waals surface area contributed by atoms with Crippen molar-refractivity contribution in [3.8, 4) is 0 Å². The molecule has 1 aliphatic carbocycles. The Kier molecular flexibility index (Phi) is 4.10. The van der Waals surface area contributed by atoms with Gasteiger partial charge >= 0.3 is 0 Å². The summed E-state index contributed by atoms with van der Waals surface area (Å²) in [5.74, 6) is 1.62. The molecule has 2 unspecified atom stereocenters. The van der Waals surface area contributed by atoms with Crippen molar-refractivity contribution >= 4 is 0 Å². The third-order valence-corrected chi connectivity index (χ3v) is 5.15. The van der Waals surface area contributed by atoms with Crippen LogP contribution in [0.5, 0.6) is 0 Å². The molecule has 1 aromatic heterocycles. The van der Waals surface area contributed by atoms with E-state index in [1.165, 1.54) is 25.0 Å². The molecule has 2 fully saturated rings. The average molecular weight is 290 g/mol. The number of aryl methyl sites for hydroxylation is 1. The molecular formula is C17H30N4. The molecule has 4 heteroatoms. The van der Waals surface area contributed by atoms with Gasteiger partial charge in [-0.1, -0.05) is 13.8 Å². The van der Waals surface area contributed by atoms with Crippen LogP contribution in [0.3, 0.4) is 0 Å². The van der Waals surface area contributed by atoms with Gasteiger partial charge in [0.25, 0.3) is 0 Å². The molecule has 1 saturated heterocycles. The van der Waals surface area contributed by atoms with Crippen LogP contribution in [-0.2, 0) is 13.6 Å². The van der Waals surface area contributed by atoms with E-state index in [-0.39, 0.29) is 0 Å². The fourth-order valence-electron chi connectivity index (χ4n) is 3.80. The fourth-order valence-corrected chi connectivity index (χ4v) is 3.80. The number of piperazine rings is 1. The van der Waals surface area contributed by atoms with Crippen LogP contribution in [0.2, 0.25) is 0 Å². The lowest BCUT2D eigenvalue weighted by Crippen LogP contribution is -2.63. The minimum absolute atomic E-state index is 0.308. The van der Waals surface area contributed by atoms with Crippen molar-refractivity contribution in [1.82, 2.24) is 20.0 Å². The van der Waals surface area contributed by atoms with E-state index in [4.69, 9.17) is 0 Å². The molecule has 1 saturated carbocycles. The zero-order valence-corrected chi connectivity index (χ0v) is 14.0. The maximum absolute atomic E-state index is 4.58. The zero-order valence-electron chi connectivity index (χ0n) is 14.0. The molecule has 0 amide bonds. The van der Waals surface area contributed by atoms with Crippen molar-refractivity contribution < 1.29 is 0 Å². The van der Waals surface area contributed by atoms with E-state index in [2.05, 4.69) is 48.3 Å². The summed E-state index contributed by atoms with van der Waals surface area (Å²) in [7, 11) is 2.00. The summed E-state index contributed by atoms with van der Waals surface area (Å²) in [6.07, 6.45) is 6.11. The van der Waals surface area contributed by atoms with Crippen molar-refractivity contribution in [2.45, 2.75) is 58.2 Å². The predicted molar refractivity (Wildman–Crippen MR) is 86.0 cm³/mol. The summed E-state index contributed by atoms with van der Waals surface area (Å²) >= 11 is 0. The predicted octanol–water partition coefficient (Wildman–Crippen LogP) is 2.41. The normalized spacial score (nSPS) is 31.0. The monoisotopic (exact) mass is 290 g/mol. The summed E-state index contributed by atoms with van der Waals surface area (Å²) in [5, 5.41) is 8.45. The van der Waals surface area contributed by atoms with Crippen molar-refractivity contribution in [3.05, 3.63) is 18.0 Å². The first-order valence-corrected chi connectivity index (χ1v) is 8.44. The first kappa shape index (κ1) is 15.0. The molecule has 2 atom stereocenters. The largest absolute Gasteiger partial charge is 0.308 e. The standard InChI is InChI=1S/C17H30N4/c1-13(2)9-16-10-18-17(3,14-5-6-14)12-21(16)11-15-7-8-20(4)19-15/h7-8,13-14,16,18H,5-6,9-12H2,1-4H3. The summed E-state index contributed by atoms with van der Waals surface area (Å²) in [5.41, 5.74) is 1.51. The van der Waals surface area contributed by atoms with E-state index in [9.17, 15) is 0 Å². The lowest BCUT2D eigenvalue weighted by molar-refractivity contribution is 0.0571. The Bertz CT molecular complexity index is 477. The van der Waals surface area contributed by atoms with Crippen LogP contribution in [-0.4, -0.2) is 39.4 Å². The van der Waals surface area contributed by atoms with Crippen LogP contribution >= 0.6 is 0 Å². The maximum atomic E-state index is 4.58. The molecule has 2 heterocycles. The van der Waals surface area contributed by atoms with Crippen LogP contribution in [0.25, 0.3) is 0 Å². The highest BCUT2D eigenvalue weighted by molar-refractivity contribution is 5.06. The van der Waals surface area contributed by atoms with Gasteiger partial charge in [0.15, 0.2) is 0 Å². The Morgan fingerprint density at radius 2 is 2.19 bits per heavy atom. The summed E-state index contributed by atoms with van der Waals surface area (Å²) in [6.45, 7) is 10.3. The second-order valence-electron chi connectivity index (χ2n) is 7.74. The molecule has 0 spiro atoms. The van der Waals surface area contributed by atoms with E-state index in [1.54, 1.807) is 0 Å². The van der Waals surface area contributed by atoms with Crippen LogP contribution in [0.1, 0.15) is 45.7 Å². The van der Waals surface area contributed by atoms with Gasteiger partial charge in [0.05, 0.1) is 5.69 Å². The molecule has 3 rings (SSSR count). The van der Waals surface area contributed by atoms with Crippen LogP contribution in [0.4, 0.5) is 0 Å². The summed E-state index contributed by atoms with van der Waals surface area (Å²) in [4.78, 5) is 2.68. The number of hydrogen-bond donors (Lipinski definition) is 1. The van der Waals surface area contributed by atoms with Crippen molar-refractivity contribution in [3.63, 3.8) is 0 Å². The van der Waals surface area contributed by atoms with Gasteiger partial charge in [-0.25, -0.2) is 0 Å². The Balaban J connectivity index is 1.72. The maximum Gasteiger partial charge on any atom is 0.0764 e. The Morgan fingerprint density at radius 3 is 2.76 bits per heavy atom. The van der Waals surface area contributed by atoms with Crippen LogP contribution in [0, 0.1) is 11.8 Å². The van der Waals surface area contributed by atoms with Gasteiger partial charge < -0.3 is 5.32 Å². The Morgan fingerprint density at radius 1 is 1.43 bits per heavy atom. The van der Waals surface area contributed by atoms with E-state index in [0.29, 0.717) is 11.6 Å². The van der Waals surface area contributed by atoms with Gasteiger partial charge in [0, 0.05) is 44.5 Å². The van der Waals surface area contributed by atoms with Gasteiger partial charge in [-0.15, -0.1) is 0 Å². The minimum Gasteiger partial charge on any atom is -0.308 e. The third kappa shape index (κ3) is 3.49. The summed E-state index contributed by atoms with van der Waals surface area (Å²) < 4.78 is 1.91. The van der Waals surface area contributed by atoms with Gasteiger partial charge in [-0.05, 0) is 44.1 Å². The second kappa shape index (κ2) is 5.73. The first-order valence-electron chi connectivity index (χ1n) is 8.44. The molecule has 1 N–H and O–H groups in total. The molecule has 4 nitrogen and oxygen atoms in total. The van der Waals surface area contributed by atoms with E-state index in [0.717, 1.165) is 31.5 Å². The topological polar surface area (TPSA) is 33.1 Å². The van der Waals surface area contributed by atoms with Gasteiger partial charge in [0.1, 0.15) is 0 Å². The molecular weight excluding hydrogens is 260 g/mol. The third-order valence-electron chi connectivity index (χ3n) is 5.15. The number of rotatable bonds is 5. The molecule has 0 radical (unpaired) electrons. The lowest BCUT2D eigenvalue weighted by atomic mass is 9.88. The van der Waals surface area contributed by atoms with Crippen molar-refractivity contribution in [2.24, 2.45) is 18.9 Å². The SMILES string of the molecule is CC(C)CC1CNC(C)(C2CC2)CN1Cc1ccn(C)n1. The molecule has 2 aliphatic rings. The molecule has 0 aromatic carbocycles. The number of nitrogens with zero attached hydrogens (tertiary/aromatic N) is 3. The average Bonchev–Trinajstić information content (AvgIpc) is 3.18. The van der Waals surface area contributed by atoms with Gasteiger partial charge in [-0.3, -0.25) is 9.58 Å². The van der Waals surface area contributed by atoms with Crippen molar-refractivity contribution in [1.29, 1.82) is 0 Å². The van der Waals surface area contributed by atoms with E-state index in [1.807, 2.05) is 11.7 Å². The Hall–Kier alpha value is -0.870. The quantitative estimate of drug-likeness (QED) is 0.904. The second-order valence-corrected chi connectivity index (χ2v) is 7.74. The minimum atomic E-state index is 0.308. The fraction of sp³-hybridized carbons (Fsp3) is 0.824. The Labute approximate surface area is 128 Å². The highest BCUT2D eigenvalue weighted by Crippen LogP contribution is 2.41. The van der Waals surface area contributed by atoms with Crippen LogP contribution < -0.4 is 5.32 Å². The molecule has 1 aromatic rings. The molecule has 21 heavy (non-hydrogen) atoms. The van der Waals surface area contributed by atoms with E-state index < -0.39 is 0 Å². The van der Waals surface area contributed by atoms with Gasteiger partial charge in [-0.2, -0.15) is 5.10 Å². The first-order chi connectivity index (χ1) is 9.96. The molecule has 0 bridgehead atoms. The van der Waals surface area contributed by atoms with Crippen molar-refractivity contribution in [2.75, 3.05) is 13.1 Å².